The Morgan fingerprint density at radius 3 is 2.77 bits per heavy atom. The van der Waals surface area contributed by atoms with Gasteiger partial charge in [0.05, 0.1) is 12.2 Å². The number of rotatable bonds is 3. The van der Waals surface area contributed by atoms with Gasteiger partial charge < -0.3 is 9.32 Å². The van der Waals surface area contributed by atoms with E-state index in [4.69, 9.17) is 4.42 Å². The highest BCUT2D eigenvalue weighted by molar-refractivity contribution is 5.58. The van der Waals surface area contributed by atoms with Gasteiger partial charge in [-0.25, -0.2) is 9.37 Å². The van der Waals surface area contributed by atoms with Gasteiger partial charge in [-0.1, -0.05) is 18.2 Å². The van der Waals surface area contributed by atoms with Crippen molar-refractivity contribution in [3.63, 3.8) is 0 Å². The minimum atomic E-state index is -0.260. The van der Waals surface area contributed by atoms with Crippen molar-refractivity contribution >= 4 is 5.69 Å². The lowest BCUT2D eigenvalue weighted by Crippen LogP contribution is -2.19. The van der Waals surface area contributed by atoms with Crippen LogP contribution in [0, 0.1) is 5.82 Å². The van der Waals surface area contributed by atoms with Crippen LogP contribution in [0.5, 0.6) is 0 Å². The number of hydrogen-bond acceptors (Lipinski definition) is 3. The van der Waals surface area contributed by atoms with Crippen molar-refractivity contribution in [3.05, 3.63) is 71.9 Å². The Bertz CT molecular complexity index is 795. The lowest BCUT2D eigenvalue weighted by Gasteiger charge is -2.17. The zero-order chi connectivity index (χ0) is 14.9. The molecule has 2 aromatic carbocycles. The molecule has 3 aromatic rings. The van der Waals surface area contributed by atoms with Crippen molar-refractivity contribution in [2.45, 2.75) is 13.0 Å². The average Bonchev–Trinajstić information content (AvgIpc) is 3.16. The van der Waals surface area contributed by atoms with E-state index in [2.05, 4.69) is 34.1 Å². The molecule has 4 rings (SSSR count). The Morgan fingerprint density at radius 2 is 1.91 bits per heavy atom. The van der Waals surface area contributed by atoms with E-state index in [-0.39, 0.29) is 5.82 Å². The lowest BCUT2D eigenvalue weighted by molar-refractivity contribution is 0.571. The van der Waals surface area contributed by atoms with Crippen LogP contribution in [0.1, 0.15) is 11.3 Å². The van der Waals surface area contributed by atoms with Crippen molar-refractivity contribution in [2.75, 3.05) is 11.4 Å². The van der Waals surface area contributed by atoms with Crippen LogP contribution in [-0.2, 0) is 13.0 Å². The molecule has 4 heteroatoms. The topological polar surface area (TPSA) is 29.3 Å². The van der Waals surface area contributed by atoms with E-state index in [0.29, 0.717) is 5.89 Å². The normalized spacial score (nSPS) is 13.4. The van der Waals surface area contributed by atoms with Gasteiger partial charge in [0.2, 0.25) is 5.89 Å². The number of aromatic nitrogens is 1. The molecule has 3 nitrogen and oxygen atoms in total. The fourth-order valence-electron chi connectivity index (χ4n) is 2.87. The van der Waals surface area contributed by atoms with E-state index in [1.165, 1.54) is 23.4 Å². The number of halogens is 1. The van der Waals surface area contributed by atoms with Crippen molar-refractivity contribution < 1.29 is 8.81 Å². The summed E-state index contributed by atoms with van der Waals surface area (Å²) in [6.07, 6.45) is 2.75. The fourth-order valence-corrected chi connectivity index (χ4v) is 2.87. The van der Waals surface area contributed by atoms with E-state index >= 15 is 0 Å². The van der Waals surface area contributed by atoms with E-state index in [0.717, 1.165) is 30.8 Å². The highest BCUT2D eigenvalue weighted by Gasteiger charge is 2.19. The number of benzene rings is 2. The predicted molar refractivity (Wildman–Crippen MR) is 83.1 cm³/mol. The number of fused-ring (bicyclic) bond motifs is 1. The zero-order valence-corrected chi connectivity index (χ0v) is 12.0. The smallest absolute Gasteiger partial charge is 0.226 e. The molecule has 0 radical (unpaired) electrons. The summed E-state index contributed by atoms with van der Waals surface area (Å²) in [7, 11) is 0. The van der Waals surface area contributed by atoms with Crippen LogP contribution >= 0.6 is 0 Å². The molecule has 0 unspecified atom stereocenters. The van der Waals surface area contributed by atoms with Gasteiger partial charge in [-0.15, -0.1) is 0 Å². The van der Waals surface area contributed by atoms with Gasteiger partial charge in [-0.2, -0.15) is 0 Å². The number of hydrogen-bond donors (Lipinski definition) is 0. The van der Waals surface area contributed by atoms with Crippen molar-refractivity contribution in [2.24, 2.45) is 0 Å². The van der Waals surface area contributed by atoms with Crippen LogP contribution in [0.2, 0.25) is 0 Å². The van der Waals surface area contributed by atoms with Crippen LogP contribution in [0.3, 0.4) is 0 Å². The summed E-state index contributed by atoms with van der Waals surface area (Å²) in [5.74, 6) is 0.270. The molecule has 0 saturated heterocycles. The molecule has 22 heavy (non-hydrogen) atoms. The van der Waals surface area contributed by atoms with E-state index in [1.54, 1.807) is 18.4 Å². The summed E-state index contributed by atoms with van der Waals surface area (Å²) >= 11 is 0. The molecule has 0 saturated carbocycles. The van der Waals surface area contributed by atoms with Gasteiger partial charge in [0, 0.05) is 17.8 Å². The molecule has 0 N–H and O–H groups in total. The van der Waals surface area contributed by atoms with Crippen LogP contribution < -0.4 is 4.90 Å². The van der Waals surface area contributed by atoms with Crippen molar-refractivity contribution in [1.82, 2.24) is 4.98 Å². The molecule has 1 aliphatic rings. The molecule has 0 amide bonds. The number of nitrogens with zero attached hydrogens (tertiary/aromatic N) is 2. The summed E-state index contributed by atoms with van der Waals surface area (Å²) in [5, 5.41) is 0. The summed E-state index contributed by atoms with van der Waals surface area (Å²) in [6.45, 7) is 1.72. The van der Waals surface area contributed by atoms with Gasteiger partial charge in [0.15, 0.2) is 0 Å². The second-order valence-electron chi connectivity index (χ2n) is 5.45. The van der Waals surface area contributed by atoms with Crippen LogP contribution in [-0.4, -0.2) is 11.5 Å². The Labute approximate surface area is 128 Å². The Morgan fingerprint density at radius 1 is 1.09 bits per heavy atom. The first-order chi connectivity index (χ1) is 10.8. The molecule has 1 aliphatic heterocycles. The SMILES string of the molecule is Fc1ccc(-c2nc(CN3CCc4ccccc43)co2)cc1. The third-order valence-electron chi connectivity index (χ3n) is 3.98. The average molecular weight is 294 g/mol. The maximum atomic E-state index is 13.0. The van der Waals surface area contributed by atoms with E-state index in [1.807, 2.05) is 0 Å². The van der Waals surface area contributed by atoms with E-state index < -0.39 is 0 Å². The van der Waals surface area contributed by atoms with E-state index in [9.17, 15) is 4.39 Å². The molecular formula is C18H15FN2O. The molecule has 1 aromatic heterocycles. The number of para-hydroxylation sites is 1. The first-order valence-corrected chi connectivity index (χ1v) is 7.33. The third kappa shape index (κ3) is 2.37. The van der Waals surface area contributed by atoms with Gasteiger partial charge in [-0.05, 0) is 42.3 Å². The highest BCUT2D eigenvalue weighted by atomic mass is 19.1. The van der Waals surface area contributed by atoms with Gasteiger partial charge in [0.1, 0.15) is 12.1 Å². The number of oxazole rings is 1. The second-order valence-corrected chi connectivity index (χ2v) is 5.45. The maximum absolute atomic E-state index is 13.0. The first-order valence-electron chi connectivity index (χ1n) is 7.33. The van der Waals surface area contributed by atoms with Gasteiger partial charge in [-0.3, -0.25) is 0 Å². The highest BCUT2D eigenvalue weighted by Crippen LogP contribution is 2.29. The molecular weight excluding hydrogens is 279 g/mol. The third-order valence-corrected chi connectivity index (χ3v) is 3.98. The summed E-state index contributed by atoms with van der Waals surface area (Å²) in [4.78, 5) is 6.82. The van der Waals surface area contributed by atoms with Crippen molar-refractivity contribution in [3.8, 4) is 11.5 Å². The zero-order valence-electron chi connectivity index (χ0n) is 12.0. The fraction of sp³-hybridized carbons (Fsp3) is 0.167. The Balaban J connectivity index is 1.54. The van der Waals surface area contributed by atoms with Crippen molar-refractivity contribution in [1.29, 1.82) is 0 Å². The molecule has 2 heterocycles. The monoisotopic (exact) mass is 294 g/mol. The Kier molecular flexibility index (Phi) is 3.15. The molecule has 110 valence electrons. The Hall–Kier alpha value is -2.62. The summed E-state index contributed by atoms with van der Waals surface area (Å²) < 4.78 is 18.5. The second kappa shape index (κ2) is 5.30. The quantitative estimate of drug-likeness (QED) is 0.730. The predicted octanol–water partition coefficient (Wildman–Crippen LogP) is 4.04. The van der Waals surface area contributed by atoms with Gasteiger partial charge >= 0.3 is 0 Å². The number of anilines is 1. The van der Waals surface area contributed by atoms with Crippen LogP contribution in [0.15, 0.2) is 59.2 Å². The lowest BCUT2D eigenvalue weighted by atomic mass is 10.2. The molecule has 0 atom stereocenters. The standard InChI is InChI=1S/C18H15FN2O/c19-15-7-5-14(6-8-15)18-20-16(12-22-18)11-21-10-9-13-3-1-2-4-17(13)21/h1-8,12H,9-11H2. The van der Waals surface area contributed by atoms with Crippen LogP contribution in [0.25, 0.3) is 11.5 Å². The molecule has 0 spiro atoms. The first kappa shape index (κ1) is 13.1. The minimum absolute atomic E-state index is 0.260. The summed E-state index contributed by atoms with van der Waals surface area (Å²) in [6, 6.07) is 14.6. The maximum Gasteiger partial charge on any atom is 0.226 e. The molecule has 0 fully saturated rings. The minimum Gasteiger partial charge on any atom is -0.444 e. The molecule has 0 bridgehead atoms. The molecule has 0 aliphatic carbocycles. The summed E-state index contributed by atoms with van der Waals surface area (Å²) in [5.41, 5.74) is 4.32. The van der Waals surface area contributed by atoms with Crippen LogP contribution in [0.4, 0.5) is 10.1 Å². The largest absolute Gasteiger partial charge is 0.444 e. The van der Waals surface area contributed by atoms with Gasteiger partial charge in [0.25, 0.3) is 0 Å².